The molecule has 0 bridgehead atoms. The molecule has 1 aromatic rings. The summed E-state index contributed by atoms with van der Waals surface area (Å²) in [5.74, 6) is 0. The van der Waals surface area contributed by atoms with Crippen molar-refractivity contribution in [3.63, 3.8) is 0 Å². The third kappa shape index (κ3) is 7.03. The van der Waals surface area contributed by atoms with E-state index in [0.29, 0.717) is 5.69 Å². The summed E-state index contributed by atoms with van der Waals surface area (Å²) in [6.07, 6.45) is 0. The Balaban J connectivity index is 0. The van der Waals surface area contributed by atoms with Crippen molar-refractivity contribution >= 4 is 5.69 Å². The molecule has 0 unspecified atom stereocenters. The van der Waals surface area contributed by atoms with Gasteiger partial charge in [0.15, 0.2) is 0 Å². The number of hydrogen-bond donors (Lipinski definition) is 0. The van der Waals surface area contributed by atoms with Crippen molar-refractivity contribution in [2.24, 2.45) is 0 Å². The van der Waals surface area contributed by atoms with Crippen molar-refractivity contribution < 1.29 is 51.4 Å². The van der Waals surface area contributed by atoms with Gasteiger partial charge >= 0.3 is 51.4 Å². The number of hydrogen-bond acceptors (Lipinski definition) is 0. The fourth-order valence-corrected chi connectivity index (χ4v) is 0.645. The molecule has 1 nitrogen and oxygen atoms in total. The third-order valence-electron chi connectivity index (χ3n) is 1.02. The Morgan fingerprint density at radius 1 is 1.18 bits per heavy atom. The van der Waals surface area contributed by atoms with E-state index in [4.69, 9.17) is 5.73 Å². The van der Waals surface area contributed by atoms with E-state index in [1.54, 1.807) is 6.07 Å². The van der Waals surface area contributed by atoms with Crippen molar-refractivity contribution in [2.75, 3.05) is 0 Å². The molecule has 1 rings (SSSR count). The standard InChI is InChI=1S/C7H8N.C2H6.K/c1-6-3-2-4-7(8)5-6;1-2;/h2-5,8H,1H3;1-2H3;/q-1;;+1. The summed E-state index contributed by atoms with van der Waals surface area (Å²) < 4.78 is 0. The van der Waals surface area contributed by atoms with Crippen molar-refractivity contribution in [3.05, 3.63) is 35.6 Å². The monoisotopic (exact) mass is 175 g/mol. The van der Waals surface area contributed by atoms with Crippen LogP contribution in [0.4, 0.5) is 5.69 Å². The number of aryl methyl sites for hydroxylation is 1. The maximum atomic E-state index is 7.14. The molecule has 0 aliphatic carbocycles. The smallest absolute Gasteiger partial charge is 0.699 e. The average Bonchev–Trinajstić information content (AvgIpc) is 1.91. The van der Waals surface area contributed by atoms with E-state index in [-0.39, 0.29) is 51.4 Å². The molecule has 0 fully saturated rings. The summed E-state index contributed by atoms with van der Waals surface area (Å²) in [4.78, 5) is 0. The van der Waals surface area contributed by atoms with Gasteiger partial charge in [0.05, 0.1) is 0 Å². The van der Waals surface area contributed by atoms with Crippen molar-refractivity contribution in [2.45, 2.75) is 20.8 Å². The van der Waals surface area contributed by atoms with Crippen LogP contribution in [-0.4, -0.2) is 0 Å². The quantitative estimate of drug-likeness (QED) is 0.519. The first-order chi connectivity index (χ1) is 4.79. The molecule has 0 aromatic heterocycles. The Hall–Kier alpha value is 0.656. The predicted molar refractivity (Wildman–Crippen MR) is 46.5 cm³/mol. The molecule has 0 aliphatic rings. The minimum atomic E-state index is 0. The molecule has 0 spiro atoms. The SMILES string of the molecule is CC.Cc1cccc([NH-])c1.[K+]. The van der Waals surface area contributed by atoms with Crippen molar-refractivity contribution in [1.29, 1.82) is 0 Å². The molecule has 56 valence electrons. The first kappa shape index (κ1) is 14.2. The van der Waals surface area contributed by atoms with E-state index < -0.39 is 0 Å². The van der Waals surface area contributed by atoms with Crippen LogP contribution in [0.5, 0.6) is 0 Å². The summed E-state index contributed by atoms with van der Waals surface area (Å²) >= 11 is 0. The van der Waals surface area contributed by atoms with Gasteiger partial charge in [0.25, 0.3) is 0 Å². The molecule has 0 amide bonds. The van der Waals surface area contributed by atoms with Gasteiger partial charge in [0.1, 0.15) is 0 Å². The maximum absolute atomic E-state index is 7.14. The van der Waals surface area contributed by atoms with Gasteiger partial charge in [-0.15, -0.1) is 5.69 Å². The van der Waals surface area contributed by atoms with E-state index >= 15 is 0 Å². The molecule has 0 saturated heterocycles. The van der Waals surface area contributed by atoms with Gasteiger partial charge in [-0.05, 0) is 6.92 Å². The van der Waals surface area contributed by atoms with Gasteiger partial charge in [-0.3, -0.25) is 0 Å². The fraction of sp³-hybridized carbons (Fsp3) is 0.333. The van der Waals surface area contributed by atoms with Gasteiger partial charge in [-0.2, -0.15) is 0 Å². The van der Waals surface area contributed by atoms with Gasteiger partial charge in [-0.1, -0.05) is 43.7 Å². The molecule has 2 heteroatoms. The average molecular weight is 175 g/mol. The minimum Gasteiger partial charge on any atom is -0.699 e. The van der Waals surface area contributed by atoms with Gasteiger partial charge in [0, 0.05) is 0 Å². The van der Waals surface area contributed by atoms with Crippen LogP contribution >= 0.6 is 0 Å². The van der Waals surface area contributed by atoms with E-state index in [0.717, 1.165) is 5.56 Å². The van der Waals surface area contributed by atoms with E-state index in [1.165, 1.54) is 0 Å². The van der Waals surface area contributed by atoms with Crippen LogP contribution in [0.1, 0.15) is 19.4 Å². The summed E-state index contributed by atoms with van der Waals surface area (Å²) in [6.45, 7) is 5.98. The first-order valence-corrected chi connectivity index (χ1v) is 3.57. The molecule has 1 N–H and O–H groups in total. The van der Waals surface area contributed by atoms with Crippen LogP contribution in [0.15, 0.2) is 24.3 Å². The second kappa shape index (κ2) is 8.75. The van der Waals surface area contributed by atoms with Crippen LogP contribution in [0.2, 0.25) is 0 Å². The van der Waals surface area contributed by atoms with Crippen LogP contribution < -0.4 is 51.4 Å². The normalized spacial score (nSPS) is 7.18. The number of rotatable bonds is 0. The second-order valence-corrected chi connectivity index (χ2v) is 1.87. The molecular formula is C9H14KN. The summed E-state index contributed by atoms with van der Waals surface area (Å²) in [5.41, 5.74) is 8.87. The molecule has 0 aliphatic heterocycles. The predicted octanol–water partition coefficient (Wildman–Crippen LogP) is 0.709. The molecule has 0 atom stereocenters. The largest absolute Gasteiger partial charge is 1.00 e. The number of nitrogens with one attached hydrogen (secondary N) is 1. The van der Waals surface area contributed by atoms with Crippen LogP contribution in [0, 0.1) is 6.92 Å². The Morgan fingerprint density at radius 3 is 2.00 bits per heavy atom. The van der Waals surface area contributed by atoms with Crippen LogP contribution in [-0.2, 0) is 0 Å². The molecule has 0 saturated carbocycles. The Morgan fingerprint density at radius 2 is 1.73 bits per heavy atom. The van der Waals surface area contributed by atoms with Crippen molar-refractivity contribution in [3.8, 4) is 0 Å². The summed E-state index contributed by atoms with van der Waals surface area (Å²) in [5, 5.41) is 0. The Bertz CT molecular complexity index is 169. The molecule has 11 heavy (non-hydrogen) atoms. The molecule has 1 aromatic carbocycles. The minimum absolute atomic E-state index is 0. The molecule has 0 heterocycles. The second-order valence-electron chi connectivity index (χ2n) is 1.87. The summed E-state index contributed by atoms with van der Waals surface area (Å²) in [6, 6.07) is 7.47. The topological polar surface area (TPSA) is 23.8 Å². The van der Waals surface area contributed by atoms with E-state index in [2.05, 4.69) is 0 Å². The van der Waals surface area contributed by atoms with Gasteiger partial charge in [-0.25, -0.2) is 0 Å². The summed E-state index contributed by atoms with van der Waals surface area (Å²) in [7, 11) is 0. The Labute approximate surface area is 112 Å². The van der Waals surface area contributed by atoms with Crippen LogP contribution in [0.3, 0.4) is 0 Å². The molecule has 0 radical (unpaired) electrons. The third-order valence-corrected chi connectivity index (χ3v) is 1.02. The zero-order chi connectivity index (χ0) is 7.98. The first-order valence-electron chi connectivity index (χ1n) is 3.57. The Kier molecular flexibility index (Phi) is 11.3. The fourth-order valence-electron chi connectivity index (χ4n) is 0.645. The van der Waals surface area contributed by atoms with E-state index in [1.807, 2.05) is 39.0 Å². The molecular weight excluding hydrogens is 161 g/mol. The van der Waals surface area contributed by atoms with Crippen LogP contribution in [0.25, 0.3) is 5.73 Å². The van der Waals surface area contributed by atoms with Gasteiger partial charge in [0.2, 0.25) is 0 Å². The zero-order valence-corrected chi connectivity index (χ0v) is 10.9. The van der Waals surface area contributed by atoms with Gasteiger partial charge < -0.3 is 5.73 Å². The zero-order valence-electron chi connectivity index (χ0n) is 7.81. The number of benzene rings is 1. The maximum Gasteiger partial charge on any atom is 1.00 e. The van der Waals surface area contributed by atoms with Crippen molar-refractivity contribution in [1.82, 2.24) is 0 Å². The van der Waals surface area contributed by atoms with E-state index in [9.17, 15) is 0 Å².